The zero-order valence-electron chi connectivity index (χ0n) is 7.57. The Morgan fingerprint density at radius 1 is 1.43 bits per heavy atom. The summed E-state index contributed by atoms with van der Waals surface area (Å²) < 4.78 is 4.97. The van der Waals surface area contributed by atoms with Crippen molar-refractivity contribution in [1.29, 1.82) is 5.26 Å². The van der Waals surface area contributed by atoms with Crippen LogP contribution in [0.5, 0.6) is 5.75 Å². The minimum absolute atomic E-state index is 0.431. The number of methoxy groups -OCH3 is 1. The Kier molecular flexibility index (Phi) is 3.29. The fraction of sp³-hybridized carbons (Fsp3) is 0.0909. The quantitative estimate of drug-likeness (QED) is 0.486. The van der Waals surface area contributed by atoms with Gasteiger partial charge in [-0.05, 0) is 24.1 Å². The van der Waals surface area contributed by atoms with Gasteiger partial charge in [-0.15, -0.1) is 0 Å². The number of hydrogen-bond donors (Lipinski definition) is 0. The van der Waals surface area contributed by atoms with Gasteiger partial charge >= 0.3 is 0 Å². The zero-order valence-corrected chi connectivity index (χ0v) is 7.57. The van der Waals surface area contributed by atoms with Crippen LogP contribution >= 0.6 is 0 Å². The van der Waals surface area contributed by atoms with Crippen molar-refractivity contribution in [3.63, 3.8) is 0 Å². The molecule has 0 amide bonds. The lowest BCUT2D eigenvalue weighted by Crippen LogP contribution is -1.87. The van der Waals surface area contributed by atoms with Gasteiger partial charge in [0.1, 0.15) is 11.8 Å². The van der Waals surface area contributed by atoms with E-state index in [1.165, 1.54) is 7.11 Å². The smallest absolute Gasteiger partial charge is 0.193 e. The molecule has 0 saturated carbocycles. The first-order valence-electron chi connectivity index (χ1n) is 3.85. The number of hydrogen-bond acceptors (Lipinski definition) is 3. The minimum Gasteiger partial charge on any atom is -0.497 e. The van der Waals surface area contributed by atoms with E-state index < -0.39 is 0 Å². The normalized spacial score (nSPS) is 8.00. The molecule has 0 fully saturated rings. The summed E-state index contributed by atoms with van der Waals surface area (Å²) >= 11 is 0. The number of ether oxygens (including phenoxy) is 1. The molecule has 0 heterocycles. The Morgan fingerprint density at radius 2 is 2.21 bits per heavy atom. The first kappa shape index (κ1) is 9.83. The van der Waals surface area contributed by atoms with E-state index in [9.17, 15) is 4.79 Å². The highest BCUT2D eigenvalue weighted by atomic mass is 16.5. The molecular weight excluding hydrogens is 178 g/mol. The fourth-order valence-corrected chi connectivity index (χ4v) is 0.958. The fourth-order valence-electron chi connectivity index (χ4n) is 0.958. The Bertz CT molecular complexity index is 447. The van der Waals surface area contributed by atoms with E-state index in [1.807, 2.05) is 6.07 Å². The van der Waals surface area contributed by atoms with E-state index in [0.29, 0.717) is 23.2 Å². The number of aldehydes is 1. The monoisotopic (exact) mass is 185 g/mol. The maximum absolute atomic E-state index is 10.0. The van der Waals surface area contributed by atoms with Gasteiger partial charge in [-0.3, -0.25) is 4.79 Å². The Morgan fingerprint density at radius 3 is 2.79 bits per heavy atom. The van der Waals surface area contributed by atoms with Gasteiger partial charge in [0, 0.05) is 5.56 Å². The van der Waals surface area contributed by atoms with Crippen molar-refractivity contribution in [2.24, 2.45) is 0 Å². The Labute approximate surface area is 81.9 Å². The molecule has 0 saturated heterocycles. The SMILES string of the molecule is COc1ccc(C#N)c(C#CC=O)c1. The van der Waals surface area contributed by atoms with Gasteiger partial charge in [0.25, 0.3) is 0 Å². The molecule has 68 valence electrons. The Balaban J connectivity index is 3.23. The molecule has 1 aromatic rings. The summed E-state index contributed by atoms with van der Waals surface area (Å²) in [5.41, 5.74) is 0.930. The van der Waals surface area contributed by atoms with Crippen LogP contribution in [0.4, 0.5) is 0 Å². The van der Waals surface area contributed by atoms with Crippen LogP contribution in [0.1, 0.15) is 11.1 Å². The molecular formula is C11H7NO2. The van der Waals surface area contributed by atoms with Crippen molar-refractivity contribution >= 4 is 6.29 Å². The highest BCUT2D eigenvalue weighted by Gasteiger charge is 2.00. The van der Waals surface area contributed by atoms with E-state index in [-0.39, 0.29) is 0 Å². The molecule has 0 bridgehead atoms. The van der Waals surface area contributed by atoms with Crippen LogP contribution in [-0.4, -0.2) is 13.4 Å². The first-order chi connectivity index (χ1) is 6.81. The lowest BCUT2D eigenvalue weighted by atomic mass is 10.1. The van der Waals surface area contributed by atoms with Crippen molar-refractivity contribution in [2.75, 3.05) is 7.11 Å². The average Bonchev–Trinajstić information content (AvgIpc) is 2.25. The van der Waals surface area contributed by atoms with E-state index in [1.54, 1.807) is 18.2 Å². The maximum Gasteiger partial charge on any atom is 0.193 e. The molecule has 0 aliphatic carbocycles. The summed E-state index contributed by atoms with van der Waals surface area (Å²) in [5, 5.41) is 8.73. The van der Waals surface area contributed by atoms with Crippen LogP contribution in [0.25, 0.3) is 0 Å². The topological polar surface area (TPSA) is 50.1 Å². The molecule has 3 heteroatoms. The van der Waals surface area contributed by atoms with E-state index in [2.05, 4.69) is 11.8 Å². The van der Waals surface area contributed by atoms with Crippen molar-refractivity contribution in [3.05, 3.63) is 29.3 Å². The molecule has 0 spiro atoms. The molecule has 0 aliphatic heterocycles. The maximum atomic E-state index is 10.0. The van der Waals surface area contributed by atoms with Crippen LogP contribution < -0.4 is 4.74 Å². The number of nitriles is 1. The third-order valence-corrected chi connectivity index (χ3v) is 1.61. The lowest BCUT2D eigenvalue weighted by molar-refractivity contribution is -0.103. The third-order valence-electron chi connectivity index (χ3n) is 1.61. The Hall–Kier alpha value is -2.26. The molecule has 0 radical (unpaired) electrons. The van der Waals surface area contributed by atoms with Gasteiger partial charge in [-0.25, -0.2) is 0 Å². The van der Waals surface area contributed by atoms with E-state index in [0.717, 1.165) is 0 Å². The average molecular weight is 185 g/mol. The number of rotatable bonds is 1. The number of carbonyl (C=O) groups is 1. The second-order valence-corrected chi connectivity index (χ2v) is 2.41. The summed E-state index contributed by atoms with van der Waals surface area (Å²) in [4.78, 5) is 10.0. The summed E-state index contributed by atoms with van der Waals surface area (Å²) in [6.45, 7) is 0. The predicted octanol–water partition coefficient (Wildman–Crippen LogP) is 1.12. The second kappa shape index (κ2) is 4.69. The number of benzene rings is 1. The van der Waals surface area contributed by atoms with Gasteiger partial charge in [-0.1, -0.05) is 5.92 Å². The van der Waals surface area contributed by atoms with Crippen LogP contribution in [-0.2, 0) is 4.79 Å². The number of carbonyl (C=O) groups excluding carboxylic acids is 1. The van der Waals surface area contributed by atoms with Crippen LogP contribution in [0.2, 0.25) is 0 Å². The molecule has 0 atom stereocenters. The zero-order chi connectivity index (χ0) is 10.4. The number of nitrogens with zero attached hydrogens (tertiary/aromatic N) is 1. The molecule has 0 aliphatic rings. The summed E-state index contributed by atoms with van der Waals surface area (Å²) in [6.07, 6.45) is 0.487. The van der Waals surface area contributed by atoms with Crippen molar-refractivity contribution in [3.8, 4) is 23.7 Å². The van der Waals surface area contributed by atoms with Crippen LogP contribution in [0, 0.1) is 23.2 Å². The largest absolute Gasteiger partial charge is 0.497 e. The third kappa shape index (κ3) is 2.12. The van der Waals surface area contributed by atoms with Crippen molar-refractivity contribution in [1.82, 2.24) is 0 Å². The summed E-state index contributed by atoms with van der Waals surface area (Å²) in [5.74, 6) is 5.43. The highest BCUT2D eigenvalue weighted by Crippen LogP contribution is 2.15. The van der Waals surface area contributed by atoms with Crippen molar-refractivity contribution in [2.45, 2.75) is 0 Å². The molecule has 0 unspecified atom stereocenters. The standard InChI is InChI=1S/C11H7NO2/c1-14-11-5-4-10(8-12)9(7-11)3-2-6-13/h4-7H,1H3. The van der Waals surface area contributed by atoms with Gasteiger partial charge in [0.05, 0.1) is 12.7 Å². The molecule has 0 aromatic heterocycles. The highest BCUT2D eigenvalue weighted by molar-refractivity contribution is 5.74. The second-order valence-electron chi connectivity index (χ2n) is 2.41. The summed E-state index contributed by atoms with van der Waals surface area (Å²) in [6, 6.07) is 6.88. The van der Waals surface area contributed by atoms with Gasteiger partial charge < -0.3 is 4.74 Å². The van der Waals surface area contributed by atoms with Gasteiger partial charge in [0.15, 0.2) is 6.29 Å². The van der Waals surface area contributed by atoms with Crippen LogP contribution in [0.15, 0.2) is 18.2 Å². The molecule has 1 aromatic carbocycles. The lowest BCUT2D eigenvalue weighted by Gasteiger charge is -2.00. The van der Waals surface area contributed by atoms with Gasteiger partial charge in [0.2, 0.25) is 0 Å². The van der Waals surface area contributed by atoms with Crippen LogP contribution in [0.3, 0.4) is 0 Å². The molecule has 3 nitrogen and oxygen atoms in total. The van der Waals surface area contributed by atoms with E-state index >= 15 is 0 Å². The van der Waals surface area contributed by atoms with Crippen molar-refractivity contribution < 1.29 is 9.53 Å². The minimum atomic E-state index is 0.431. The van der Waals surface area contributed by atoms with E-state index in [4.69, 9.17) is 10.00 Å². The molecule has 1 rings (SSSR count). The van der Waals surface area contributed by atoms with Gasteiger partial charge in [-0.2, -0.15) is 5.26 Å². The molecule has 0 N–H and O–H groups in total. The summed E-state index contributed by atoms with van der Waals surface area (Å²) in [7, 11) is 1.53. The molecule has 14 heavy (non-hydrogen) atoms. The predicted molar refractivity (Wildman–Crippen MR) is 50.7 cm³/mol. The first-order valence-corrected chi connectivity index (χ1v) is 3.85.